The Morgan fingerprint density at radius 1 is 1.10 bits per heavy atom. The lowest BCUT2D eigenvalue weighted by Crippen LogP contribution is -2.68. The van der Waals surface area contributed by atoms with Gasteiger partial charge in [-0.1, -0.05) is 0 Å². The molecule has 1 aromatic heterocycles. The van der Waals surface area contributed by atoms with Crippen molar-refractivity contribution in [2.45, 2.75) is 52.6 Å². The van der Waals surface area contributed by atoms with Gasteiger partial charge in [-0.15, -0.1) is 10.2 Å². The topological polar surface area (TPSA) is 118 Å². The summed E-state index contributed by atoms with van der Waals surface area (Å²) in [7, 11) is -4.94. The van der Waals surface area contributed by atoms with Crippen molar-refractivity contribution in [3.05, 3.63) is 18.2 Å². The van der Waals surface area contributed by atoms with E-state index in [1.807, 2.05) is 21.5 Å². The van der Waals surface area contributed by atoms with Crippen LogP contribution < -0.4 is 23.2 Å². The van der Waals surface area contributed by atoms with Gasteiger partial charge in [0.2, 0.25) is 6.29 Å². The van der Waals surface area contributed by atoms with Crippen LogP contribution >= 0.6 is 0 Å². The van der Waals surface area contributed by atoms with Gasteiger partial charge >= 0.3 is 5.82 Å². The molecule has 0 unspecified atom stereocenters. The van der Waals surface area contributed by atoms with Gasteiger partial charge in [0.15, 0.2) is 0 Å². The number of imidazole rings is 1. The van der Waals surface area contributed by atoms with Gasteiger partial charge in [0.25, 0.3) is 0 Å². The van der Waals surface area contributed by atoms with Crippen molar-refractivity contribution in [3.63, 3.8) is 0 Å². The molecule has 1 aromatic rings. The van der Waals surface area contributed by atoms with Crippen molar-refractivity contribution in [2.75, 3.05) is 0 Å². The van der Waals surface area contributed by atoms with Crippen LogP contribution in [0.15, 0.2) is 12.4 Å². The Balaban J connectivity index is 0.000000621. The summed E-state index contributed by atoms with van der Waals surface area (Å²) in [5, 5.41) is 0. The largest absolute Gasteiger partial charge is 0.323 e. The molecule has 0 radical (unpaired) electrons. The summed E-state index contributed by atoms with van der Waals surface area (Å²) in [6, 6.07) is 0. The van der Waals surface area contributed by atoms with Crippen molar-refractivity contribution >= 4 is 6.29 Å². The monoisotopic (exact) mass is 308 g/mol. The number of aromatic nitrogens is 2. The van der Waals surface area contributed by atoms with E-state index in [0.717, 1.165) is 12.1 Å². The molecule has 0 bridgehead atoms. The molecule has 116 valence electrons. The molecule has 0 aliphatic heterocycles. The van der Waals surface area contributed by atoms with Crippen LogP contribution in [0.5, 0.6) is 0 Å². The summed E-state index contributed by atoms with van der Waals surface area (Å²) in [4.78, 5) is 11.2. The fraction of sp³-hybridized carbons (Fsp3) is 0.667. The molecule has 0 atom stereocenters. The van der Waals surface area contributed by atoms with Gasteiger partial charge in [0, 0.05) is 0 Å². The SMILES string of the molecule is CC(C)(C)n1cc[n+](C(C)(C)C)c1C=O.[O-][Cl+3]([O-])([O-])[O-]. The van der Waals surface area contributed by atoms with Crippen LogP contribution in [0.3, 0.4) is 0 Å². The minimum atomic E-state index is -4.94. The normalized spacial score (nSPS) is 12.7. The first kappa shape index (κ1) is 19.0. The van der Waals surface area contributed by atoms with Gasteiger partial charge in [-0.3, -0.25) is 4.79 Å². The van der Waals surface area contributed by atoms with Crippen LogP contribution in [0, 0.1) is 10.2 Å². The van der Waals surface area contributed by atoms with Gasteiger partial charge in [-0.25, -0.2) is 27.8 Å². The number of aldehydes is 1. The van der Waals surface area contributed by atoms with Gasteiger partial charge in [-0.2, -0.15) is 0 Å². The van der Waals surface area contributed by atoms with Crippen molar-refractivity contribution in [2.24, 2.45) is 0 Å². The molecule has 0 saturated heterocycles. The van der Waals surface area contributed by atoms with Crippen molar-refractivity contribution in [1.82, 2.24) is 4.57 Å². The van der Waals surface area contributed by atoms with Gasteiger partial charge in [0.05, 0.1) is 0 Å². The van der Waals surface area contributed by atoms with Gasteiger partial charge < -0.3 is 0 Å². The van der Waals surface area contributed by atoms with Crippen LogP contribution in [0.2, 0.25) is 0 Å². The first-order chi connectivity index (χ1) is 8.68. The van der Waals surface area contributed by atoms with E-state index in [1.54, 1.807) is 0 Å². The summed E-state index contributed by atoms with van der Waals surface area (Å²) in [6.07, 6.45) is 4.86. The van der Waals surface area contributed by atoms with E-state index >= 15 is 0 Å². The number of nitrogens with zero attached hydrogens (tertiary/aromatic N) is 2. The van der Waals surface area contributed by atoms with Gasteiger partial charge in [-0.05, 0) is 41.5 Å². The highest BCUT2D eigenvalue weighted by Crippen LogP contribution is 2.16. The van der Waals surface area contributed by atoms with E-state index in [0.29, 0.717) is 0 Å². The standard InChI is InChI=1S/C12H21N2O.ClHO4/c1-11(2,3)13-7-8-14(10(13)9-15)12(4,5)6;2-1(3,4)5/h7-9H,1-6H3;(H,2,3,4,5)/q+1;/p-1. The second-order valence-electron chi connectivity index (χ2n) is 6.23. The fourth-order valence-corrected chi connectivity index (χ4v) is 1.65. The minimum Gasteiger partial charge on any atom is -0.289 e. The molecule has 0 aliphatic rings. The van der Waals surface area contributed by atoms with Crippen molar-refractivity contribution in [1.29, 1.82) is 0 Å². The minimum absolute atomic E-state index is 0.0628. The molecule has 7 nitrogen and oxygen atoms in total. The average Bonchev–Trinajstić information content (AvgIpc) is 2.55. The maximum absolute atomic E-state index is 11.2. The molecule has 1 rings (SSSR count). The first-order valence-electron chi connectivity index (χ1n) is 5.89. The van der Waals surface area contributed by atoms with Crippen LogP contribution in [0.25, 0.3) is 0 Å². The molecule has 8 heteroatoms. The number of hydrogen-bond acceptors (Lipinski definition) is 5. The second kappa shape index (κ2) is 6.19. The van der Waals surface area contributed by atoms with Crippen molar-refractivity contribution < 1.29 is 38.2 Å². The van der Waals surface area contributed by atoms with Crippen LogP contribution in [0.4, 0.5) is 0 Å². The number of rotatable bonds is 1. The van der Waals surface area contributed by atoms with Gasteiger partial charge in [0.1, 0.15) is 23.5 Å². The van der Waals surface area contributed by atoms with Crippen molar-refractivity contribution in [3.8, 4) is 0 Å². The summed E-state index contributed by atoms with van der Waals surface area (Å²) in [5.41, 5.74) is -0.126. The Hall–Kier alpha value is -0.990. The molecule has 0 aliphatic carbocycles. The highest BCUT2D eigenvalue weighted by atomic mass is 35.7. The van der Waals surface area contributed by atoms with Crippen LogP contribution in [0.1, 0.15) is 52.2 Å². The smallest absolute Gasteiger partial charge is 0.289 e. The molecule has 0 aromatic carbocycles. The Labute approximate surface area is 120 Å². The lowest BCUT2D eigenvalue weighted by Gasteiger charge is -2.19. The third kappa shape index (κ3) is 6.44. The maximum atomic E-state index is 11.2. The molecule has 20 heavy (non-hydrogen) atoms. The fourth-order valence-electron chi connectivity index (χ4n) is 1.65. The Kier molecular flexibility index (Phi) is 5.89. The lowest BCUT2D eigenvalue weighted by molar-refractivity contribution is -2.00. The Morgan fingerprint density at radius 2 is 1.50 bits per heavy atom. The summed E-state index contributed by atoms with van der Waals surface area (Å²) >= 11 is 0. The van der Waals surface area contributed by atoms with E-state index < -0.39 is 10.2 Å². The van der Waals surface area contributed by atoms with E-state index in [9.17, 15) is 4.79 Å². The summed E-state index contributed by atoms with van der Waals surface area (Å²) < 4.78 is 38.0. The number of carbonyl (C=O) groups is 1. The maximum Gasteiger partial charge on any atom is 0.323 e. The number of halogens is 1. The molecule has 1 heterocycles. The summed E-state index contributed by atoms with van der Waals surface area (Å²) in [6.45, 7) is 12.5. The predicted molar refractivity (Wildman–Crippen MR) is 60.0 cm³/mol. The zero-order valence-electron chi connectivity index (χ0n) is 12.5. The summed E-state index contributed by atoms with van der Waals surface area (Å²) in [5.74, 6) is 0.718. The zero-order valence-corrected chi connectivity index (χ0v) is 13.3. The number of hydrogen-bond donors (Lipinski definition) is 0. The van der Waals surface area contributed by atoms with E-state index in [2.05, 4.69) is 41.5 Å². The van der Waals surface area contributed by atoms with E-state index in [4.69, 9.17) is 18.6 Å². The zero-order chi connectivity index (χ0) is 16.4. The third-order valence-corrected chi connectivity index (χ3v) is 2.41. The molecular weight excluding hydrogens is 288 g/mol. The Morgan fingerprint density at radius 3 is 1.75 bits per heavy atom. The molecule has 0 saturated carbocycles. The van der Waals surface area contributed by atoms with Crippen LogP contribution in [-0.2, 0) is 11.1 Å². The molecule has 0 amide bonds. The molecule has 0 N–H and O–H groups in total. The predicted octanol–water partition coefficient (Wildman–Crippen LogP) is -2.66. The molecular formula is C12H21ClN2O5. The first-order valence-corrected chi connectivity index (χ1v) is 7.12. The highest BCUT2D eigenvalue weighted by Gasteiger charge is 2.31. The quantitative estimate of drug-likeness (QED) is 0.414. The highest BCUT2D eigenvalue weighted by molar-refractivity contribution is 5.67. The second-order valence-corrected chi connectivity index (χ2v) is 6.99. The number of carbonyl (C=O) groups excluding carboxylic acids is 1. The van der Waals surface area contributed by atoms with Crippen LogP contribution in [-0.4, -0.2) is 10.9 Å². The molecule has 0 fully saturated rings. The van der Waals surface area contributed by atoms with E-state index in [1.165, 1.54) is 0 Å². The lowest BCUT2D eigenvalue weighted by atomic mass is 10.1. The molecule has 0 spiro atoms. The third-order valence-electron chi connectivity index (χ3n) is 2.41. The Bertz CT molecular complexity index is 414. The van der Waals surface area contributed by atoms with E-state index in [-0.39, 0.29) is 11.1 Å². The average molecular weight is 309 g/mol.